The van der Waals surface area contributed by atoms with Crippen molar-refractivity contribution in [1.82, 2.24) is 0 Å². The van der Waals surface area contributed by atoms with Gasteiger partial charge in [-0.05, 0) is 32.4 Å². The Balaban J connectivity index is 2.88. The molecule has 0 saturated carbocycles. The third-order valence-electron chi connectivity index (χ3n) is 2.49. The van der Waals surface area contributed by atoms with Crippen LogP contribution in [0.1, 0.15) is 19.4 Å². The number of nitrogens with one attached hydrogen (secondary N) is 1. The first-order chi connectivity index (χ1) is 9.10. The van der Waals surface area contributed by atoms with E-state index in [2.05, 4.69) is 5.32 Å². The summed E-state index contributed by atoms with van der Waals surface area (Å²) in [5, 5.41) is 2.87. The maximum Gasteiger partial charge on any atom is 0.340 e. The number of benzene rings is 1. The first kappa shape index (κ1) is 15.0. The molecule has 0 bridgehead atoms. The lowest BCUT2D eigenvalue weighted by Crippen LogP contribution is -2.40. The van der Waals surface area contributed by atoms with Gasteiger partial charge >= 0.3 is 11.9 Å². The molecular formula is C14H19NO4. The van der Waals surface area contributed by atoms with Gasteiger partial charge in [0.15, 0.2) is 0 Å². The zero-order chi connectivity index (χ0) is 14.3. The van der Waals surface area contributed by atoms with Gasteiger partial charge in [0.1, 0.15) is 0 Å². The molecule has 0 saturated heterocycles. The third-order valence-corrected chi connectivity index (χ3v) is 2.49. The van der Waals surface area contributed by atoms with Crippen molar-refractivity contribution in [3.8, 4) is 0 Å². The maximum atomic E-state index is 11.8. The van der Waals surface area contributed by atoms with Crippen LogP contribution >= 0.6 is 0 Å². The Kier molecular flexibility index (Phi) is 5.85. The fraction of sp³-hybridized carbons (Fsp3) is 0.429. The molecule has 0 unspecified atom stereocenters. The number of anilines is 1. The molecule has 1 rings (SSSR count). The molecule has 0 amide bonds. The van der Waals surface area contributed by atoms with Crippen molar-refractivity contribution in [2.75, 3.05) is 18.5 Å². The molecule has 1 aromatic carbocycles. The number of ether oxygens (including phenoxy) is 2. The number of para-hydroxylation sites is 1. The number of carbonyl (C=O) groups is 2. The van der Waals surface area contributed by atoms with E-state index in [4.69, 9.17) is 9.47 Å². The molecule has 0 fully saturated rings. The molecule has 5 nitrogen and oxygen atoms in total. The van der Waals surface area contributed by atoms with Gasteiger partial charge < -0.3 is 14.8 Å². The highest BCUT2D eigenvalue weighted by Gasteiger charge is 2.29. The number of hydrogen-bond acceptors (Lipinski definition) is 5. The molecule has 5 heteroatoms. The largest absolute Gasteiger partial charge is 0.464 e. The highest BCUT2D eigenvalue weighted by atomic mass is 16.6. The topological polar surface area (TPSA) is 64.6 Å². The number of aryl methyl sites for hydroxylation is 1. The van der Waals surface area contributed by atoms with Crippen molar-refractivity contribution in [3.05, 3.63) is 29.8 Å². The lowest BCUT2D eigenvalue weighted by molar-refractivity contribution is -0.155. The summed E-state index contributed by atoms with van der Waals surface area (Å²) in [5.41, 5.74) is 1.63. The van der Waals surface area contributed by atoms with E-state index in [0.717, 1.165) is 5.56 Å². The predicted molar refractivity (Wildman–Crippen MR) is 71.9 cm³/mol. The van der Waals surface area contributed by atoms with Crippen LogP contribution in [-0.4, -0.2) is 31.2 Å². The Labute approximate surface area is 112 Å². The first-order valence-electron chi connectivity index (χ1n) is 6.25. The summed E-state index contributed by atoms with van der Waals surface area (Å²) in [4.78, 5) is 23.6. The van der Waals surface area contributed by atoms with Gasteiger partial charge in [0, 0.05) is 5.69 Å². The van der Waals surface area contributed by atoms with Gasteiger partial charge in [0.05, 0.1) is 13.2 Å². The van der Waals surface area contributed by atoms with Crippen LogP contribution in [0.2, 0.25) is 0 Å². The zero-order valence-electron chi connectivity index (χ0n) is 11.4. The van der Waals surface area contributed by atoms with E-state index >= 15 is 0 Å². The van der Waals surface area contributed by atoms with Gasteiger partial charge in [0.25, 0.3) is 0 Å². The smallest absolute Gasteiger partial charge is 0.340 e. The normalized spacial score (nSPS) is 10.1. The van der Waals surface area contributed by atoms with Gasteiger partial charge in [-0.2, -0.15) is 0 Å². The Morgan fingerprint density at radius 3 is 2.11 bits per heavy atom. The van der Waals surface area contributed by atoms with Gasteiger partial charge in [-0.3, -0.25) is 0 Å². The number of carbonyl (C=O) groups excluding carboxylic acids is 2. The van der Waals surface area contributed by atoms with Crippen LogP contribution in [0.5, 0.6) is 0 Å². The highest BCUT2D eigenvalue weighted by Crippen LogP contribution is 2.15. The molecule has 0 radical (unpaired) electrons. The number of hydrogen-bond donors (Lipinski definition) is 1. The van der Waals surface area contributed by atoms with E-state index in [1.165, 1.54) is 0 Å². The minimum atomic E-state index is -1.14. The van der Waals surface area contributed by atoms with Gasteiger partial charge in [0.2, 0.25) is 6.04 Å². The fourth-order valence-electron chi connectivity index (χ4n) is 1.56. The van der Waals surface area contributed by atoms with E-state index in [-0.39, 0.29) is 13.2 Å². The molecule has 1 N–H and O–H groups in total. The second kappa shape index (κ2) is 7.41. The number of esters is 2. The summed E-state index contributed by atoms with van der Waals surface area (Å²) < 4.78 is 9.76. The third kappa shape index (κ3) is 4.28. The minimum absolute atomic E-state index is 0.212. The van der Waals surface area contributed by atoms with Crippen molar-refractivity contribution >= 4 is 17.6 Å². The van der Waals surface area contributed by atoms with Crippen molar-refractivity contribution in [2.45, 2.75) is 26.8 Å². The Morgan fingerprint density at radius 1 is 1.11 bits per heavy atom. The standard InChI is InChI=1S/C14H19NO4/c1-4-18-13(16)12(14(17)19-5-2)15-11-9-7-6-8-10(11)3/h6-9,12,15H,4-5H2,1-3H3. The van der Waals surface area contributed by atoms with E-state index in [9.17, 15) is 9.59 Å². The summed E-state index contributed by atoms with van der Waals surface area (Å²) in [6.07, 6.45) is 0. The second-order valence-electron chi connectivity index (χ2n) is 3.90. The van der Waals surface area contributed by atoms with Crippen LogP contribution in [0.25, 0.3) is 0 Å². The fourth-order valence-corrected chi connectivity index (χ4v) is 1.56. The highest BCUT2D eigenvalue weighted by molar-refractivity contribution is 6.02. The van der Waals surface area contributed by atoms with E-state index < -0.39 is 18.0 Å². The summed E-state index contributed by atoms with van der Waals surface area (Å²) in [5.74, 6) is -1.27. The SMILES string of the molecule is CCOC(=O)C(Nc1ccccc1C)C(=O)OCC. The van der Waals surface area contributed by atoms with Crippen LogP contribution in [0.15, 0.2) is 24.3 Å². The van der Waals surface area contributed by atoms with Crippen LogP contribution in [0, 0.1) is 6.92 Å². The Bertz CT molecular complexity index is 427. The Hall–Kier alpha value is -2.04. The zero-order valence-corrected chi connectivity index (χ0v) is 11.4. The predicted octanol–water partition coefficient (Wildman–Crippen LogP) is 1.90. The van der Waals surface area contributed by atoms with Crippen LogP contribution in [-0.2, 0) is 19.1 Å². The van der Waals surface area contributed by atoms with Crippen LogP contribution in [0.3, 0.4) is 0 Å². The van der Waals surface area contributed by atoms with E-state index in [1.807, 2.05) is 25.1 Å². The number of rotatable bonds is 6. The average Bonchev–Trinajstić information content (AvgIpc) is 2.38. The lowest BCUT2D eigenvalue weighted by Gasteiger charge is -2.18. The van der Waals surface area contributed by atoms with E-state index in [0.29, 0.717) is 5.69 Å². The molecular weight excluding hydrogens is 246 g/mol. The first-order valence-corrected chi connectivity index (χ1v) is 6.25. The molecule has 0 spiro atoms. The monoisotopic (exact) mass is 265 g/mol. The van der Waals surface area contributed by atoms with E-state index in [1.54, 1.807) is 19.9 Å². The maximum absolute atomic E-state index is 11.8. The second-order valence-corrected chi connectivity index (χ2v) is 3.90. The molecule has 0 atom stereocenters. The summed E-state index contributed by atoms with van der Waals surface area (Å²) in [6, 6.07) is 6.24. The molecule has 0 aliphatic carbocycles. The van der Waals surface area contributed by atoms with Crippen molar-refractivity contribution in [2.24, 2.45) is 0 Å². The quantitative estimate of drug-likeness (QED) is 0.628. The van der Waals surface area contributed by atoms with Crippen molar-refractivity contribution < 1.29 is 19.1 Å². The van der Waals surface area contributed by atoms with Crippen LogP contribution < -0.4 is 5.32 Å². The van der Waals surface area contributed by atoms with Crippen molar-refractivity contribution in [3.63, 3.8) is 0 Å². The van der Waals surface area contributed by atoms with Gasteiger partial charge in [-0.15, -0.1) is 0 Å². The molecule has 0 aliphatic heterocycles. The summed E-state index contributed by atoms with van der Waals surface area (Å²) >= 11 is 0. The average molecular weight is 265 g/mol. The Morgan fingerprint density at radius 2 is 1.63 bits per heavy atom. The van der Waals surface area contributed by atoms with Gasteiger partial charge in [-0.25, -0.2) is 9.59 Å². The van der Waals surface area contributed by atoms with Gasteiger partial charge in [-0.1, -0.05) is 18.2 Å². The summed E-state index contributed by atoms with van der Waals surface area (Å²) in [6.45, 7) is 5.69. The van der Waals surface area contributed by atoms with Crippen molar-refractivity contribution in [1.29, 1.82) is 0 Å². The molecule has 0 aromatic heterocycles. The van der Waals surface area contributed by atoms with Crippen LogP contribution in [0.4, 0.5) is 5.69 Å². The molecule has 19 heavy (non-hydrogen) atoms. The molecule has 0 aliphatic rings. The lowest BCUT2D eigenvalue weighted by atomic mass is 10.2. The molecule has 0 heterocycles. The summed E-state index contributed by atoms with van der Waals surface area (Å²) in [7, 11) is 0. The molecule has 104 valence electrons. The molecule has 1 aromatic rings. The minimum Gasteiger partial charge on any atom is -0.464 e.